The van der Waals surface area contributed by atoms with Gasteiger partial charge in [-0.3, -0.25) is 10.1 Å². The lowest BCUT2D eigenvalue weighted by Crippen LogP contribution is -2.25. The van der Waals surface area contributed by atoms with E-state index in [1.54, 1.807) is 29.2 Å². The molecular weight excluding hydrogens is 418 g/mol. The fourth-order valence-corrected chi connectivity index (χ4v) is 3.89. The summed E-state index contributed by atoms with van der Waals surface area (Å²) in [4.78, 5) is 11.5. The largest absolute Gasteiger partial charge is 0.488 e. The summed E-state index contributed by atoms with van der Waals surface area (Å²) in [5.74, 6) is -3.09. The van der Waals surface area contributed by atoms with Crippen LogP contribution in [0.3, 0.4) is 0 Å². The number of ether oxygens (including phenoxy) is 1. The highest BCUT2D eigenvalue weighted by Crippen LogP contribution is 2.35. The summed E-state index contributed by atoms with van der Waals surface area (Å²) in [6.45, 7) is 0.737. The average Bonchev–Trinajstić information content (AvgIpc) is 3.09. The van der Waals surface area contributed by atoms with Crippen LogP contribution < -0.4 is 9.64 Å². The van der Waals surface area contributed by atoms with Gasteiger partial charge in [0.05, 0.1) is 16.4 Å². The molecule has 1 aliphatic heterocycles. The van der Waals surface area contributed by atoms with E-state index in [-0.39, 0.29) is 11.8 Å². The van der Waals surface area contributed by atoms with E-state index in [9.17, 15) is 27.3 Å². The molecule has 0 amide bonds. The Morgan fingerprint density at radius 2 is 2.00 bits per heavy atom. The Balaban J connectivity index is 1.83. The molecule has 2 aromatic carbocycles. The normalized spacial score (nSPS) is 17.1. The van der Waals surface area contributed by atoms with Gasteiger partial charge in [0, 0.05) is 24.1 Å². The Morgan fingerprint density at radius 1 is 1.25 bits per heavy atom. The fourth-order valence-electron chi connectivity index (χ4n) is 2.97. The lowest BCUT2D eigenvalue weighted by molar-refractivity contribution is -0.384. The number of anilines is 1. The van der Waals surface area contributed by atoms with E-state index in [1.807, 2.05) is 0 Å². The highest BCUT2D eigenvalue weighted by molar-refractivity contribution is 7.91. The van der Waals surface area contributed by atoms with Gasteiger partial charge in [-0.2, -0.15) is 8.78 Å². The number of hydrogen-bond donors (Lipinski definition) is 0. The smallest absolute Gasteiger partial charge is 0.341 e. The number of alkyl halides is 2. The number of benzene rings is 2. The molecule has 1 unspecified atom stereocenters. The average molecular weight is 433 g/mol. The van der Waals surface area contributed by atoms with Gasteiger partial charge in [0.25, 0.3) is 5.69 Å². The summed E-state index contributed by atoms with van der Waals surface area (Å²) in [5, 5.41) is 11.9. The van der Waals surface area contributed by atoms with Gasteiger partial charge in [-0.1, -0.05) is 17.7 Å². The van der Waals surface area contributed by atoms with Crippen molar-refractivity contribution in [2.24, 2.45) is 0 Å². The molecule has 28 heavy (non-hydrogen) atoms. The van der Waals surface area contributed by atoms with E-state index in [0.29, 0.717) is 36.3 Å². The molecule has 0 N–H and O–H groups in total. The number of halogens is 3. The van der Waals surface area contributed by atoms with Crippen molar-refractivity contribution < 1.29 is 26.9 Å². The fraction of sp³-hybridized carbons (Fsp3) is 0.294. The van der Waals surface area contributed by atoms with E-state index in [0.717, 1.165) is 6.07 Å². The maximum absolute atomic E-state index is 12.7. The number of rotatable bonds is 6. The molecule has 0 radical (unpaired) electrons. The third-order valence-electron chi connectivity index (χ3n) is 4.29. The van der Waals surface area contributed by atoms with Crippen LogP contribution >= 0.6 is 11.6 Å². The van der Waals surface area contributed by atoms with Gasteiger partial charge < -0.3 is 9.64 Å². The SMILES string of the molecule is O=[N+]([O-])c1cc(S(=O)(=O)C(F)F)ccc1N1CCC(Oc2cccc(Cl)c2)C1. The number of sulfone groups is 1. The van der Waals surface area contributed by atoms with Crippen LogP contribution in [-0.4, -0.2) is 38.3 Å². The molecule has 0 spiro atoms. The molecule has 0 bridgehead atoms. The molecule has 0 aromatic heterocycles. The van der Waals surface area contributed by atoms with Gasteiger partial charge in [-0.25, -0.2) is 8.42 Å². The second-order valence-corrected chi connectivity index (χ2v) is 8.50. The molecule has 1 atom stereocenters. The zero-order chi connectivity index (χ0) is 20.5. The quantitative estimate of drug-likeness (QED) is 0.508. The molecule has 150 valence electrons. The highest BCUT2D eigenvalue weighted by Gasteiger charge is 2.33. The molecular formula is C17H15ClF2N2O5S. The van der Waals surface area contributed by atoms with E-state index in [2.05, 4.69) is 0 Å². The number of hydrogen-bond acceptors (Lipinski definition) is 6. The van der Waals surface area contributed by atoms with E-state index >= 15 is 0 Å². The Hall–Kier alpha value is -2.46. The molecule has 1 saturated heterocycles. The maximum atomic E-state index is 12.7. The van der Waals surface area contributed by atoms with Gasteiger partial charge >= 0.3 is 5.76 Å². The molecule has 2 aromatic rings. The second kappa shape index (κ2) is 7.88. The summed E-state index contributed by atoms with van der Waals surface area (Å²) in [5.41, 5.74) is -0.402. The molecule has 0 saturated carbocycles. The number of nitro benzene ring substituents is 1. The van der Waals surface area contributed by atoms with Crippen molar-refractivity contribution >= 4 is 32.8 Å². The molecule has 1 aliphatic rings. The van der Waals surface area contributed by atoms with Crippen molar-refractivity contribution in [3.8, 4) is 5.75 Å². The lowest BCUT2D eigenvalue weighted by Gasteiger charge is -2.19. The predicted molar refractivity (Wildman–Crippen MR) is 99.0 cm³/mol. The number of nitrogens with zero attached hydrogens (tertiary/aromatic N) is 2. The minimum absolute atomic E-state index is 0.149. The van der Waals surface area contributed by atoms with Crippen molar-refractivity contribution in [1.82, 2.24) is 0 Å². The summed E-state index contributed by atoms with van der Waals surface area (Å²) >= 11 is 5.92. The highest BCUT2D eigenvalue weighted by atomic mass is 35.5. The van der Waals surface area contributed by atoms with Crippen LogP contribution in [-0.2, 0) is 9.84 Å². The molecule has 1 fully saturated rings. The Kier molecular flexibility index (Phi) is 5.71. The zero-order valence-corrected chi connectivity index (χ0v) is 15.9. The van der Waals surface area contributed by atoms with E-state index in [4.69, 9.17) is 16.3 Å². The van der Waals surface area contributed by atoms with Crippen LogP contribution in [0.1, 0.15) is 6.42 Å². The van der Waals surface area contributed by atoms with Crippen LogP contribution in [0.25, 0.3) is 0 Å². The molecule has 0 aliphatic carbocycles. The predicted octanol–water partition coefficient (Wildman–Crippen LogP) is 3.90. The van der Waals surface area contributed by atoms with Crippen LogP contribution in [0, 0.1) is 10.1 Å². The first-order chi connectivity index (χ1) is 13.2. The monoisotopic (exact) mass is 432 g/mol. The van der Waals surface area contributed by atoms with Gasteiger partial charge in [-0.05, 0) is 30.3 Å². The number of nitro groups is 1. The Bertz CT molecular complexity index is 1000. The summed E-state index contributed by atoms with van der Waals surface area (Å²) in [6, 6.07) is 9.62. The topological polar surface area (TPSA) is 89.8 Å². The Morgan fingerprint density at radius 3 is 2.64 bits per heavy atom. The van der Waals surface area contributed by atoms with Crippen LogP contribution in [0.4, 0.5) is 20.2 Å². The molecule has 1 heterocycles. The zero-order valence-electron chi connectivity index (χ0n) is 14.3. The molecule has 7 nitrogen and oxygen atoms in total. The van der Waals surface area contributed by atoms with E-state index < -0.39 is 31.1 Å². The third-order valence-corrected chi connectivity index (χ3v) is 5.91. The van der Waals surface area contributed by atoms with Crippen molar-refractivity contribution in [1.29, 1.82) is 0 Å². The van der Waals surface area contributed by atoms with E-state index in [1.165, 1.54) is 6.07 Å². The Labute approximate surface area is 164 Å². The van der Waals surface area contributed by atoms with Gasteiger partial charge in [0.15, 0.2) is 0 Å². The second-order valence-electron chi connectivity index (χ2n) is 6.15. The van der Waals surface area contributed by atoms with Crippen molar-refractivity contribution in [3.63, 3.8) is 0 Å². The first-order valence-electron chi connectivity index (χ1n) is 8.16. The molecule has 3 rings (SSSR count). The van der Waals surface area contributed by atoms with Crippen LogP contribution in [0.15, 0.2) is 47.4 Å². The van der Waals surface area contributed by atoms with Gasteiger partial charge in [-0.15, -0.1) is 0 Å². The minimum Gasteiger partial charge on any atom is -0.488 e. The summed E-state index contributed by atoms with van der Waals surface area (Å²) < 4.78 is 54.5. The first kappa shape index (κ1) is 20.3. The first-order valence-corrected chi connectivity index (χ1v) is 10.1. The van der Waals surface area contributed by atoms with Crippen LogP contribution in [0.5, 0.6) is 5.75 Å². The summed E-state index contributed by atoms with van der Waals surface area (Å²) in [7, 11) is -4.92. The maximum Gasteiger partial charge on any atom is 0.341 e. The van der Waals surface area contributed by atoms with Crippen molar-refractivity contribution in [3.05, 3.63) is 57.6 Å². The third kappa shape index (κ3) is 4.17. The van der Waals surface area contributed by atoms with Crippen molar-refractivity contribution in [2.75, 3.05) is 18.0 Å². The van der Waals surface area contributed by atoms with Crippen LogP contribution in [0.2, 0.25) is 5.02 Å². The van der Waals surface area contributed by atoms with Crippen molar-refractivity contribution in [2.45, 2.75) is 23.2 Å². The lowest BCUT2D eigenvalue weighted by atomic mass is 10.2. The van der Waals surface area contributed by atoms with Gasteiger partial charge in [0.1, 0.15) is 17.5 Å². The van der Waals surface area contributed by atoms with Gasteiger partial charge in [0.2, 0.25) is 9.84 Å². The standard InChI is InChI=1S/C17H15ClF2N2O5S/c18-11-2-1-3-12(8-11)27-13-6-7-21(10-13)15-5-4-14(9-16(15)22(23)24)28(25,26)17(19)20/h1-5,8-9,13,17H,6-7,10H2. The molecule has 11 heteroatoms. The minimum atomic E-state index is -4.92. The summed E-state index contributed by atoms with van der Waals surface area (Å²) in [6.07, 6.45) is 0.309.